The first-order chi connectivity index (χ1) is 11.5. The maximum absolute atomic E-state index is 12.9. The quantitative estimate of drug-likeness (QED) is 0.893. The number of β-amino-alcohol motifs (C(OH)–C–C–N with tert-alkyl or cyclic N) is 1. The van der Waals surface area contributed by atoms with Crippen LogP contribution in [0.4, 0.5) is 0 Å². The number of nitrogens with zero attached hydrogens (tertiary/aromatic N) is 3. The molecule has 1 amide bonds. The van der Waals surface area contributed by atoms with Gasteiger partial charge in [0.15, 0.2) is 5.17 Å². The SMILES string of the molecule is CC1=C(C(=O)N2CC[C@](O)(c3ccccc3C)C2)SC2=NCCN21. The molecule has 1 fully saturated rings. The van der Waals surface area contributed by atoms with Crippen LogP contribution in [0.2, 0.25) is 0 Å². The Hall–Kier alpha value is -1.79. The van der Waals surface area contributed by atoms with E-state index in [9.17, 15) is 9.90 Å². The molecule has 0 aliphatic carbocycles. The van der Waals surface area contributed by atoms with Crippen molar-refractivity contribution in [2.75, 3.05) is 26.2 Å². The Morgan fingerprint density at radius 3 is 2.83 bits per heavy atom. The summed E-state index contributed by atoms with van der Waals surface area (Å²) in [6.45, 7) is 6.57. The van der Waals surface area contributed by atoms with E-state index in [4.69, 9.17) is 0 Å². The van der Waals surface area contributed by atoms with Gasteiger partial charge in [-0.25, -0.2) is 0 Å². The van der Waals surface area contributed by atoms with E-state index in [1.807, 2.05) is 38.1 Å². The Bertz CT molecular complexity index is 773. The summed E-state index contributed by atoms with van der Waals surface area (Å²) in [5.41, 5.74) is 2.03. The van der Waals surface area contributed by atoms with Gasteiger partial charge in [-0.1, -0.05) is 24.3 Å². The van der Waals surface area contributed by atoms with Crippen LogP contribution < -0.4 is 0 Å². The third-order valence-corrected chi connectivity index (χ3v) is 6.31. The number of likely N-dealkylation sites (tertiary alicyclic amines) is 1. The summed E-state index contributed by atoms with van der Waals surface area (Å²) >= 11 is 1.47. The van der Waals surface area contributed by atoms with Crippen molar-refractivity contribution >= 4 is 22.8 Å². The smallest absolute Gasteiger partial charge is 0.262 e. The number of hydrogen-bond acceptors (Lipinski definition) is 5. The highest BCUT2D eigenvalue weighted by atomic mass is 32.2. The van der Waals surface area contributed by atoms with E-state index >= 15 is 0 Å². The van der Waals surface area contributed by atoms with Gasteiger partial charge in [0, 0.05) is 18.8 Å². The number of amides is 1. The minimum Gasteiger partial charge on any atom is -0.383 e. The summed E-state index contributed by atoms with van der Waals surface area (Å²) in [5, 5.41) is 12.0. The molecule has 1 N–H and O–H groups in total. The third-order valence-electron chi connectivity index (χ3n) is 5.10. The van der Waals surface area contributed by atoms with Gasteiger partial charge in [0.25, 0.3) is 5.91 Å². The molecular formula is C18H21N3O2S. The Morgan fingerprint density at radius 1 is 1.29 bits per heavy atom. The largest absolute Gasteiger partial charge is 0.383 e. The van der Waals surface area contributed by atoms with Crippen LogP contribution in [0.3, 0.4) is 0 Å². The summed E-state index contributed by atoms with van der Waals surface area (Å²) < 4.78 is 0. The van der Waals surface area contributed by atoms with Crippen LogP contribution in [0.25, 0.3) is 0 Å². The number of carbonyl (C=O) groups is 1. The molecular weight excluding hydrogens is 322 g/mol. The van der Waals surface area contributed by atoms with Crippen molar-refractivity contribution in [1.29, 1.82) is 0 Å². The topological polar surface area (TPSA) is 56.1 Å². The second kappa shape index (κ2) is 5.63. The van der Waals surface area contributed by atoms with Crippen molar-refractivity contribution < 1.29 is 9.90 Å². The molecule has 0 saturated carbocycles. The number of rotatable bonds is 2. The van der Waals surface area contributed by atoms with Crippen LogP contribution >= 0.6 is 11.8 Å². The Kier molecular flexibility index (Phi) is 3.69. The second-order valence-electron chi connectivity index (χ2n) is 6.66. The number of fused-ring (bicyclic) bond motifs is 1. The van der Waals surface area contributed by atoms with Crippen LogP contribution in [0.15, 0.2) is 39.9 Å². The number of aliphatic imine (C=N–C) groups is 1. The molecule has 4 rings (SSSR count). The summed E-state index contributed by atoms with van der Waals surface area (Å²) in [6, 6.07) is 7.88. The van der Waals surface area contributed by atoms with Gasteiger partial charge in [-0.2, -0.15) is 0 Å². The normalized spacial score (nSPS) is 26.2. The minimum absolute atomic E-state index is 0.0131. The van der Waals surface area contributed by atoms with Gasteiger partial charge in [-0.3, -0.25) is 9.79 Å². The van der Waals surface area contributed by atoms with Gasteiger partial charge in [-0.15, -0.1) is 0 Å². The lowest BCUT2D eigenvalue weighted by molar-refractivity contribution is -0.126. The monoisotopic (exact) mass is 343 g/mol. The van der Waals surface area contributed by atoms with E-state index in [0.717, 1.165) is 40.0 Å². The zero-order valence-electron chi connectivity index (χ0n) is 14.0. The summed E-state index contributed by atoms with van der Waals surface area (Å²) in [6.07, 6.45) is 0.575. The third kappa shape index (κ3) is 2.36. The highest BCUT2D eigenvalue weighted by Crippen LogP contribution is 2.40. The fraction of sp³-hybridized carbons (Fsp3) is 0.444. The highest BCUT2D eigenvalue weighted by Gasteiger charge is 2.43. The molecule has 0 spiro atoms. The first kappa shape index (κ1) is 15.7. The molecule has 6 heteroatoms. The number of thioether (sulfide) groups is 1. The summed E-state index contributed by atoms with van der Waals surface area (Å²) in [5.74, 6) is 0.0131. The molecule has 126 valence electrons. The predicted molar refractivity (Wildman–Crippen MR) is 95.6 cm³/mol. The number of hydrogen-bond donors (Lipinski definition) is 1. The molecule has 0 radical (unpaired) electrons. The van der Waals surface area contributed by atoms with E-state index in [1.165, 1.54) is 11.8 Å². The van der Waals surface area contributed by atoms with Crippen LogP contribution in [0, 0.1) is 6.92 Å². The standard InChI is InChI=1S/C18H21N3O2S/c1-12-5-3-4-6-14(12)18(23)7-9-20(11-18)16(22)15-13(2)21-10-8-19-17(21)24-15/h3-6,23H,7-11H2,1-2H3/t18-/m1/s1. The molecule has 3 aliphatic heterocycles. The lowest BCUT2D eigenvalue weighted by Crippen LogP contribution is -2.35. The summed E-state index contributed by atoms with van der Waals surface area (Å²) in [7, 11) is 0. The van der Waals surface area contributed by atoms with E-state index in [2.05, 4.69) is 9.89 Å². The van der Waals surface area contributed by atoms with Gasteiger partial charge < -0.3 is 14.9 Å². The molecule has 5 nitrogen and oxygen atoms in total. The molecule has 0 bridgehead atoms. The molecule has 3 aliphatic rings. The van der Waals surface area contributed by atoms with Gasteiger partial charge in [0.05, 0.1) is 18.0 Å². The number of aliphatic hydroxyl groups is 1. The molecule has 3 heterocycles. The zero-order chi connectivity index (χ0) is 16.9. The lowest BCUT2D eigenvalue weighted by atomic mass is 9.89. The molecule has 0 aromatic heterocycles. The fourth-order valence-electron chi connectivity index (χ4n) is 3.74. The van der Waals surface area contributed by atoms with Crippen LogP contribution in [-0.4, -0.2) is 52.2 Å². The Balaban J connectivity index is 1.55. The minimum atomic E-state index is -0.952. The maximum atomic E-state index is 12.9. The van der Waals surface area contributed by atoms with Crippen molar-refractivity contribution in [1.82, 2.24) is 9.80 Å². The van der Waals surface area contributed by atoms with Crippen molar-refractivity contribution in [2.24, 2.45) is 4.99 Å². The van der Waals surface area contributed by atoms with Gasteiger partial charge in [0.2, 0.25) is 0 Å². The highest BCUT2D eigenvalue weighted by molar-refractivity contribution is 8.18. The number of allylic oxidation sites excluding steroid dienone is 1. The van der Waals surface area contributed by atoms with E-state index < -0.39 is 5.60 Å². The van der Waals surface area contributed by atoms with E-state index in [0.29, 0.717) is 19.5 Å². The van der Waals surface area contributed by atoms with Crippen molar-refractivity contribution in [3.63, 3.8) is 0 Å². The molecule has 24 heavy (non-hydrogen) atoms. The van der Waals surface area contributed by atoms with Crippen molar-refractivity contribution in [3.05, 3.63) is 46.0 Å². The lowest BCUT2D eigenvalue weighted by Gasteiger charge is -2.25. The number of benzene rings is 1. The number of carbonyl (C=O) groups excluding carboxylic acids is 1. The first-order valence-electron chi connectivity index (χ1n) is 8.28. The van der Waals surface area contributed by atoms with Gasteiger partial charge >= 0.3 is 0 Å². The molecule has 1 aromatic rings. The molecule has 1 aromatic carbocycles. The molecule has 0 unspecified atom stereocenters. The van der Waals surface area contributed by atoms with E-state index in [-0.39, 0.29) is 5.91 Å². The van der Waals surface area contributed by atoms with Gasteiger partial charge in [0.1, 0.15) is 5.60 Å². The maximum Gasteiger partial charge on any atom is 0.262 e. The Morgan fingerprint density at radius 2 is 2.08 bits per heavy atom. The van der Waals surface area contributed by atoms with Crippen molar-refractivity contribution in [2.45, 2.75) is 25.9 Å². The van der Waals surface area contributed by atoms with Crippen LogP contribution in [0.5, 0.6) is 0 Å². The van der Waals surface area contributed by atoms with Gasteiger partial charge in [-0.05, 0) is 43.2 Å². The predicted octanol–water partition coefficient (Wildman–Crippen LogP) is 2.06. The molecule has 1 saturated heterocycles. The first-order valence-corrected chi connectivity index (χ1v) is 9.10. The second-order valence-corrected chi connectivity index (χ2v) is 7.63. The van der Waals surface area contributed by atoms with Crippen LogP contribution in [-0.2, 0) is 10.4 Å². The Labute approximate surface area is 146 Å². The number of aryl methyl sites for hydroxylation is 1. The molecule has 1 atom stereocenters. The van der Waals surface area contributed by atoms with Crippen molar-refractivity contribution in [3.8, 4) is 0 Å². The average Bonchev–Trinajstić information content (AvgIpc) is 3.25. The van der Waals surface area contributed by atoms with Crippen LogP contribution in [0.1, 0.15) is 24.5 Å². The fourth-order valence-corrected chi connectivity index (χ4v) is 4.89. The zero-order valence-corrected chi connectivity index (χ0v) is 14.8. The average molecular weight is 343 g/mol. The van der Waals surface area contributed by atoms with E-state index in [1.54, 1.807) is 4.90 Å². The number of amidine groups is 1. The summed E-state index contributed by atoms with van der Waals surface area (Å²) in [4.78, 5) is 22.0.